The third-order valence-electron chi connectivity index (χ3n) is 4.56. The van der Waals surface area contributed by atoms with Gasteiger partial charge in [0.2, 0.25) is 5.90 Å². The normalized spacial score (nSPS) is 14.2. The number of esters is 1. The highest BCUT2D eigenvalue weighted by atomic mass is 127. The SMILES string of the molecule is O=C1OC(c2ccc(Cl)c([N+](=O)[O-])c2)=N/C1=C\c1ccccc1OCc1ccccc1I. The highest BCUT2D eigenvalue weighted by Crippen LogP contribution is 2.29. The van der Waals surface area contributed by atoms with E-state index in [1.807, 2.05) is 36.4 Å². The van der Waals surface area contributed by atoms with Gasteiger partial charge < -0.3 is 9.47 Å². The van der Waals surface area contributed by atoms with Gasteiger partial charge in [-0.3, -0.25) is 10.1 Å². The predicted octanol–water partition coefficient (Wildman–Crippen LogP) is 5.78. The standard InChI is InChI=1S/C23H14ClIN2O5/c24-17-10-9-15(12-20(17)27(29)30)22-26-19(23(28)32-22)11-14-5-2-4-8-21(14)31-13-16-6-1-3-7-18(16)25/h1-12H,13H2/b19-11-. The number of carbonyl (C=O) groups excluding carboxylic acids is 1. The second-order valence-electron chi connectivity index (χ2n) is 6.68. The zero-order valence-corrected chi connectivity index (χ0v) is 19.2. The first-order chi connectivity index (χ1) is 15.4. The molecule has 0 aliphatic carbocycles. The Hall–Kier alpha value is -3.24. The van der Waals surface area contributed by atoms with Gasteiger partial charge in [-0.15, -0.1) is 0 Å². The van der Waals surface area contributed by atoms with Gasteiger partial charge in [-0.05, 0) is 52.9 Å². The van der Waals surface area contributed by atoms with E-state index < -0.39 is 10.9 Å². The molecule has 0 aromatic heterocycles. The van der Waals surface area contributed by atoms with Crippen molar-refractivity contribution in [3.05, 3.63) is 108 Å². The van der Waals surface area contributed by atoms with Crippen molar-refractivity contribution >= 4 is 57.8 Å². The van der Waals surface area contributed by atoms with Crippen LogP contribution in [0.1, 0.15) is 16.7 Å². The number of nitrogens with zero attached hydrogens (tertiary/aromatic N) is 2. The summed E-state index contributed by atoms with van der Waals surface area (Å²) in [6, 6.07) is 19.2. The molecule has 1 aliphatic rings. The Morgan fingerprint density at radius 3 is 2.66 bits per heavy atom. The Bertz CT molecular complexity index is 1290. The van der Waals surface area contributed by atoms with Gasteiger partial charge >= 0.3 is 5.97 Å². The number of ether oxygens (including phenoxy) is 2. The highest BCUT2D eigenvalue weighted by molar-refractivity contribution is 14.1. The molecule has 160 valence electrons. The quantitative estimate of drug-likeness (QED) is 0.125. The second kappa shape index (κ2) is 9.49. The number of nitro groups is 1. The molecule has 3 aromatic rings. The Morgan fingerprint density at radius 1 is 1.12 bits per heavy atom. The van der Waals surface area contributed by atoms with Crippen molar-refractivity contribution in [2.45, 2.75) is 6.61 Å². The Balaban J connectivity index is 1.61. The molecule has 4 rings (SSSR count). The molecule has 7 nitrogen and oxygen atoms in total. The van der Waals surface area contributed by atoms with E-state index in [0.29, 0.717) is 17.9 Å². The maximum atomic E-state index is 12.4. The number of benzene rings is 3. The Kier molecular flexibility index (Phi) is 6.52. The lowest BCUT2D eigenvalue weighted by molar-refractivity contribution is -0.384. The lowest BCUT2D eigenvalue weighted by Crippen LogP contribution is -2.06. The van der Waals surface area contributed by atoms with Gasteiger partial charge in [0.25, 0.3) is 5.69 Å². The number of hydrogen-bond donors (Lipinski definition) is 0. The third-order valence-corrected chi connectivity index (χ3v) is 5.93. The van der Waals surface area contributed by atoms with Crippen molar-refractivity contribution in [1.82, 2.24) is 0 Å². The van der Waals surface area contributed by atoms with Gasteiger partial charge in [-0.25, -0.2) is 9.79 Å². The molecule has 1 heterocycles. The molecule has 0 saturated heterocycles. The Morgan fingerprint density at radius 2 is 1.88 bits per heavy atom. The molecule has 3 aromatic carbocycles. The molecule has 0 radical (unpaired) electrons. The smallest absolute Gasteiger partial charge is 0.363 e. The Labute approximate surface area is 201 Å². The molecule has 32 heavy (non-hydrogen) atoms. The summed E-state index contributed by atoms with van der Waals surface area (Å²) in [5.74, 6) is -0.110. The van der Waals surface area contributed by atoms with Crippen molar-refractivity contribution < 1.29 is 19.2 Å². The first-order valence-electron chi connectivity index (χ1n) is 9.34. The molecule has 0 N–H and O–H groups in total. The van der Waals surface area contributed by atoms with Gasteiger partial charge in [0.15, 0.2) is 5.70 Å². The van der Waals surface area contributed by atoms with E-state index >= 15 is 0 Å². The number of rotatable bonds is 6. The van der Waals surface area contributed by atoms with Crippen LogP contribution in [0.2, 0.25) is 5.02 Å². The summed E-state index contributed by atoms with van der Waals surface area (Å²) in [7, 11) is 0. The first kappa shape index (κ1) is 22.0. The van der Waals surface area contributed by atoms with Crippen LogP contribution in [-0.2, 0) is 16.1 Å². The van der Waals surface area contributed by atoms with E-state index in [-0.39, 0.29) is 27.9 Å². The van der Waals surface area contributed by atoms with E-state index in [4.69, 9.17) is 21.1 Å². The lowest BCUT2D eigenvalue weighted by atomic mass is 10.1. The summed E-state index contributed by atoms with van der Waals surface area (Å²) in [6.45, 7) is 0.368. The van der Waals surface area contributed by atoms with Gasteiger partial charge in [0.05, 0.1) is 4.92 Å². The summed E-state index contributed by atoms with van der Waals surface area (Å²) in [6.07, 6.45) is 1.56. The van der Waals surface area contributed by atoms with Crippen molar-refractivity contribution in [3.63, 3.8) is 0 Å². The van der Waals surface area contributed by atoms with Crippen molar-refractivity contribution in [2.24, 2.45) is 4.99 Å². The number of aliphatic imine (C=N–C) groups is 1. The predicted molar refractivity (Wildman–Crippen MR) is 129 cm³/mol. The van der Waals surface area contributed by atoms with Crippen LogP contribution in [0.5, 0.6) is 5.75 Å². The average molecular weight is 561 g/mol. The highest BCUT2D eigenvalue weighted by Gasteiger charge is 2.26. The maximum Gasteiger partial charge on any atom is 0.363 e. The van der Waals surface area contributed by atoms with Gasteiger partial charge in [-0.2, -0.15) is 0 Å². The minimum absolute atomic E-state index is 0.0152. The average Bonchev–Trinajstić information content (AvgIpc) is 3.14. The molecule has 0 unspecified atom stereocenters. The minimum atomic E-state index is -0.662. The fourth-order valence-corrected chi connectivity index (χ4v) is 3.70. The molecule has 0 fully saturated rings. The van der Waals surface area contributed by atoms with Crippen LogP contribution < -0.4 is 4.74 Å². The number of cyclic esters (lactones) is 1. The summed E-state index contributed by atoms with van der Waals surface area (Å²) in [4.78, 5) is 27.1. The molecule has 0 amide bonds. The topological polar surface area (TPSA) is 91.0 Å². The fourth-order valence-electron chi connectivity index (χ4n) is 2.97. The monoisotopic (exact) mass is 560 g/mol. The summed E-state index contributed by atoms with van der Waals surface area (Å²) in [5, 5.41) is 11.1. The number of nitro benzene ring substituents is 1. The van der Waals surface area contributed by atoms with Crippen LogP contribution >= 0.6 is 34.2 Å². The summed E-state index contributed by atoms with van der Waals surface area (Å²) >= 11 is 8.10. The number of carbonyl (C=O) groups is 1. The van der Waals surface area contributed by atoms with E-state index in [2.05, 4.69) is 27.6 Å². The fraction of sp³-hybridized carbons (Fsp3) is 0.0435. The largest absolute Gasteiger partial charge is 0.488 e. The molecule has 1 aliphatic heterocycles. The molecule has 0 bridgehead atoms. The van der Waals surface area contributed by atoms with Gasteiger partial charge in [0, 0.05) is 26.3 Å². The lowest BCUT2D eigenvalue weighted by Gasteiger charge is -2.10. The van der Waals surface area contributed by atoms with Crippen molar-refractivity contribution in [2.75, 3.05) is 0 Å². The van der Waals surface area contributed by atoms with Crippen LogP contribution in [0, 0.1) is 13.7 Å². The number of hydrogen-bond acceptors (Lipinski definition) is 6. The third kappa shape index (κ3) is 4.81. The summed E-state index contributed by atoms with van der Waals surface area (Å²) in [5.41, 5.74) is 1.73. The van der Waals surface area contributed by atoms with E-state index in [1.54, 1.807) is 18.2 Å². The van der Waals surface area contributed by atoms with Crippen LogP contribution in [-0.4, -0.2) is 16.8 Å². The van der Waals surface area contributed by atoms with E-state index in [0.717, 1.165) is 9.13 Å². The molecule has 0 saturated carbocycles. The number of halogens is 2. The number of para-hydroxylation sites is 1. The van der Waals surface area contributed by atoms with Gasteiger partial charge in [0.1, 0.15) is 17.4 Å². The zero-order chi connectivity index (χ0) is 22.7. The second-order valence-corrected chi connectivity index (χ2v) is 8.25. The first-order valence-corrected chi connectivity index (χ1v) is 10.8. The van der Waals surface area contributed by atoms with Crippen LogP contribution in [0.25, 0.3) is 6.08 Å². The molecule has 0 spiro atoms. The maximum absolute atomic E-state index is 12.4. The zero-order valence-electron chi connectivity index (χ0n) is 16.3. The molecule has 0 atom stereocenters. The van der Waals surface area contributed by atoms with Gasteiger partial charge in [-0.1, -0.05) is 48.0 Å². The minimum Gasteiger partial charge on any atom is -0.488 e. The van der Waals surface area contributed by atoms with Crippen molar-refractivity contribution in [1.29, 1.82) is 0 Å². The summed E-state index contributed by atoms with van der Waals surface area (Å²) < 4.78 is 12.3. The van der Waals surface area contributed by atoms with Crippen LogP contribution in [0.15, 0.2) is 77.4 Å². The molecule has 9 heteroatoms. The van der Waals surface area contributed by atoms with Crippen molar-refractivity contribution in [3.8, 4) is 5.75 Å². The van der Waals surface area contributed by atoms with Crippen LogP contribution in [0.4, 0.5) is 5.69 Å². The van der Waals surface area contributed by atoms with E-state index in [9.17, 15) is 14.9 Å². The molecular formula is C23H14ClIN2O5. The van der Waals surface area contributed by atoms with E-state index in [1.165, 1.54) is 18.2 Å². The van der Waals surface area contributed by atoms with Crippen LogP contribution in [0.3, 0.4) is 0 Å². The molecular weight excluding hydrogens is 547 g/mol.